The molecule has 3 nitrogen and oxygen atoms in total. The summed E-state index contributed by atoms with van der Waals surface area (Å²) in [4.78, 5) is 5.90. The molecule has 0 radical (unpaired) electrons. The van der Waals surface area contributed by atoms with Gasteiger partial charge in [-0.1, -0.05) is 12.1 Å². The lowest BCUT2D eigenvalue weighted by Gasteiger charge is -2.19. The van der Waals surface area contributed by atoms with E-state index in [1.54, 1.807) is 24.4 Å². The minimum Gasteiger partial charge on any atom is -0.370 e. The highest BCUT2D eigenvalue weighted by Gasteiger charge is 2.04. The van der Waals surface area contributed by atoms with Crippen LogP contribution in [-0.4, -0.2) is 12.0 Å². The predicted molar refractivity (Wildman–Crippen MR) is 67.5 cm³/mol. The normalized spacial score (nSPS) is 9.83. The Morgan fingerprint density at radius 1 is 1.28 bits per heavy atom. The molecule has 1 aromatic heterocycles. The van der Waals surface area contributed by atoms with Crippen LogP contribution in [0.1, 0.15) is 11.3 Å². The van der Waals surface area contributed by atoms with E-state index in [0.29, 0.717) is 12.2 Å². The molecule has 4 heteroatoms. The molecule has 0 aliphatic carbocycles. The largest absolute Gasteiger partial charge is 0.370 e. The molecule has 0 atom stereocenters. The van der Waals surface area contributed by atoms with E-state index in [1.165, 1.54) is 12.1 Å². The van der Waals surface area contributed by atoms with Gasteiger partial charge >= 0.3 is 0 Å². The van der Waals surface area contributed by atoms with Crippen molar-refractivity contribution in [1.82, 2.24) is 4.98 Å². The van der Waals surface area contributed by atoms with E-state index >= 15 is 0 Å². The van der Waals surface area contributed by atoms with Gasteiger partial charge in [0.1, 0.15) is 17.6 Å². The van der Waals surface area contributed by atoms with Gasteiger partial charge in [0.2, 0.25) is 0 Å². The summed E-state index contributed by atoms with van der Waals surface area (Å²) >= 11 is 0. The van der Waals surface area contributed by atoms with Gasteiger partial charge in [0.05, 0.1) is 0 Å². The molecule has 1 heterocycles. The van der Waals surface area contributed by atoms with Crippen molar-refractivity contribution in [1.29, 1.82) is 5.26 Å². The van der Waals surface area contributed by atoms with Crippen LogP contribution in [0.4, 0.5) is 10.1 Å². The van der Waals surface area contributed by atoms with E-state index in [1.807, 2.05) is 24.1 Å². The maximum Gasteiger partial charge on any atom is 0.142 e. The molecule has 0 saturated heterocycles. The minimum absolute atomic E-state index is 0.239. The van der Waals surface area contributed by atoms with Crippen LogP contribution in [0.3, 0.4) is 0 Å². The van der Waals surface area contributed by atoms with Gasteiger partial charge in [0.25, 0.3) is 0 Å². The highest BCUT2D eigenvalue weighted by Crippen LogP contribution is 2.15. The highest BCUT2D eigenvalue weighted by molar-refractivity contribution is 5.48. The number of nitrogens with zero attached hydrogens (tertiary/aromatic N) is 3. The molecule has 0 fully saturated rings. The number of aromatic nitrogens is 1. The van der Waals surface area contributed by atoms with Crippen LogP contribution in [0.15, 0.2) is 42.6 Å². The molecule has 0 saturated carbocycles. The van der Waals surface area contributed by atoms with Crippen molar-refractivity contribution < 1.29 is 4.39 Å². The number of anilines is 1. The second-order valence-corrected chi connectivity index (χ2v) is 3.99. The van der Waals surface area contributed by atoms with Crippen LogP contribution in [0.5, 0.6) is 0 Å². The second kappa shape index (κ2) is 5.28. The third kappa shape index (κ3) is 2.83. The van der Waals surface area contributed by atoms with Crippen LogP contribution in [-0.2, 0) is 6.54 Å². The van der Waals surface area contributed by atoms with Crippen LogP contribution in [0.2, 0.25) is 0 Å². The summed E-state index contributed by atoms with van der Waals surface area (Å²) in [5.74, 6) is -0.239. The Bertz CT molecular complexity index is 572. The molecular weight excluding hydrogens is 229 g/mol. The SMILES string of the molecule is CN(Cc1ccc(F)cc1)c1ccnc(C#N)c1. The Labute approximate surface area is 105 Å². The van der Waals surface area contributed by atoms with Crippen molar-refractivity contribution in [3.63, 3.8) is 0 Å². The Morgan fingerprint density at radius 3 is 2.67 bits per heavy atom. The quantitative estimate of drug-likeness (QED) is 0.829. The molecule has 1 aromatic carbocycles. The van der Waals surface area contributed by atoms with Crippen molar-refractivity contribution in [2.75, 3.05) is 11.9 Å². The molecule has 0 amide bonds. The maximum absolute atomic E-state index is 12.8. The van der Waals surface area contributed by atoms with E-state index in [4.69, 9.17) is 5.26 Å². The standard InChI is InChI=1S/C14H12FN3/c1-18(10-11-2-4-12(15)5-3-11)14-6-7-17-13(8-14)9-16/h2-8H,10H2,1H3. The van der Waals surface area contributed by atoms with Gasteiger partial charge in [0, 0.05) is 25.5 Å². The third-order valence-electron chi connectivity index (χ3n) is 2.63. The lowest BCUT2D eigenvalue weighted by atomic mass is 10.2. The van der Waals surface area contributed by atoms with Crippen molar-refractivity contribution in [3.8, 4) is 6.07 Å². The Hall–Kier alpha value is -2.41. The van der Waals surface area contributed by atoms with E-state index in [0.717, 1.165) is 11.3 Å². The number of nitriles is 1. The first-order chi connectivity index (χ1) is 8.69. The van der Waals surface area contributed by atoms with Gasteiger partial charge in [0.15, 0.2) is 0 Å². The molecule has 2 rings (SSSR count). The second-order valence-electron chi connectivity index (χ2n) is 3.99. The monoisotopic (exact) mass is 241 g/mol. The van der Waals surface area contributed by atoms with Gasteiger partial charge < -0.3 is 4.90 Å². The fourth-order valence-corrected chi connectivity index (χ4v) is 1.67. The molecule has 0 aliphatic rings. The molecule has 18 heavy (non-hydrogen) atoms. The summed E-state index contributed by atoms with van der Waals surface area (Å²) in [6.45, 7) is 0.648. The van der Waals surface area contributed by atoms with Crippen LogP contribution in [0, 0.1) is 17.1 Å². The Kier molecular flexibility index (Phi) is 3.54. The van der Waals surface area contributed by atoms with Crippen molar-refractivity contribution in [2.24, 2.45) is 0 Å². The van der Waals surface area contributed by atoms with Gasteiger partial charge in [-0.05, 0) is 29.8 Å². The lowest BCUT2D eigenvalue weighted by Crippen LogP contribution is -2.16. The molecular formula is C14H12FN3. The molecule has 0 spiro atoms. The number of halogens is 1. The van der Waals surface area contributed by atoms with Crippen LogP contribution >= 0.6 is 0 Å². The first kappa shape index (κ1) is 12.1. The number of benzene rings is 1. The summed E-state index contributed by atoms with van der Waals surface area (Å²) < 4.78 is 12.8. The van der Waals surface area contributed by atoms with Gasteiger partial charge in [-0.3, -0.25) is 0 Å². The van der Waals surface area contributed by atoms with E-state index in [-0.39, 0.29) is 5.82 Å². The summed E-state index contributed by atoms with van der Waals surface area (Å²) in [6, 6.07) is 11.9. The van der Waals surface area contributed by atoms with Crippen molar-refractivity contribution in [2.45, 2.75) is 6.54 Å². The summed E-state index contributed by atoms with van der Waals surface area (Å²) in [7, 11) is 1.92. The topological polar surface area (TPSA) is 39.9 Å². The van der Waals surface area contributed by atoms with Gasteiger partial charge in [-0.15, -0.1) is 0 Å². The number of pyridine rings is 1. The van der Waals surface area contributed by atoms with Gasteiger partial charge in [-0.2, -0.15) is 5.26 Å². The molecule has 0 bridgehead atoms. The lowest BCUT2D eigenvalue weighted by molar-refractivity contribution is 0.627. The number of hydrogen-bond acceptors (Lipinski definition) is 3. The maximum atomic E-state index is 12.8. The Morgan fingerprint density at radius 2 is 2.00 bits per heavy atom. The fraction of sp³-hybridized carbons (Fsp3) is 0.143. The zero-order valence-corrected chi connectivity index (χ0v) is 9.97. The van der Waals surface area contributed by atoms with Crippen molar-refractivity contribution in [3.05, 3.63) is 59.7 Å². The molecule has 0 N–H and O–H groups in total. The summed E-state index contributed by atoms with van der Waals surface area (Å²) in [5.41, 5.74) is 2.30. The number of rotatable bonds is 3. The average Bonchev–Trinajstić information content (AvgIpc) is 2.41. The zero-order chi connectivity index (χ0) is 13.0. The highest BCUT2D eigenvalue weighted by atomic mass is 19.1. The molecule has 2 aromatic rings. The van der Waals surface area contributed by atoms with E-state index in [2.05, 4.69) is 4.98 Å². The molecule has 90 valence electrons. The smallest absolute Gasteiger partial charge is 0.142 e. The fourth-order valence-electron chi connectivity index (χ4n) is 1.67. The van der Waals surface area contributed by atoms with Crippen LogP contribution < -0.4 is 4.90 Å². The van der Waals surface area contributed by atoms with E-state index in [9.17, 15) is 4.39 Å². The number of hydrogen-bond donors (Lipinski definition) is 0. The van der Waals surface area contributed by atoms with Gasteiger partial charge in [-0.25, -0.2) is 9.37 Å². The first-order valence-electron chi connectivity index (χ1n) is 5.51. The average molecular weight is 241 g/mol. The molecule has 0 aliphatic heterocycles. The third-order valence-corrected chi connectivity index (χ3v) is 2.63. The van der Waals surface area contributed by atoms with Crippen molar-refractivity contribution >= 4 is 5.69 Å². The Balaban J connectivity index is 2.14. The minimum atomic E-state index is -0.239. The summed E-state index contributed by atoms with van der Waals surface area (Å²) in [6.07, 6.45) is 1.61. The summed E-state index contributed by atoms with van der Waals surface area (Å²) in [5, 5.41) is 8.79. The molecule has 0 unspecified atom stereocenters. The predicted octanol–water partition coefficient (Wildman–Crippen LogP) is 2.73. The van der Waals surface area contributed by atoms with E-state index < -0.39 is 0 Å². The van der Waals surface area contributed by atoms with Crippen LogP contribution in [0.25, 0.3) is 0 Å². The zero-order valence-electron chi connectivity index (χ0n) is 9.97. The first-order valence-corrected chi connectivity index (χ1v) is 5.51.